The molecule has 1 amide bonds. The number of morpholine rings is 1. The van der Waals surface area contributed by atoms with Gasteiger partial charge in [0.2, 0.25) is 17.6 Å². The van der Waals surface area contributed by atoms with Gasteiger partial charge in [-0.1, -0.05) is 11.7 Å². The van der Waals surface area contributed by atoms with E-state index in [-0.39, 0.29) is 43.6 Å². The van der Waals surface area contributed by atoms with Gasteiger partial charge in [-0.15, -0.1) is 0 Å². The lowest BCUT2D eigenvalue weighted by atomic mass is 10.1. The summed E-state index contributed by atoms with van der Waals surface area (Å²) in [4.78, 5) is 23.6. The summed E-state index contributed by atoms with van der Waals surface area (Å²) in [6.07, 6.45) is 4.31. The summed E-state index contributed by atoms with van der Waals surface area (Å²) in [6, 6.07) is -1.33. The van der Waals surface area contributed by atoms with Crippen molar-refractivity contribution in [2.75, 3.05) is 26.3 Å². The first-order chi connectivity index (χ1) is 12.9. The number of primary amides is 1. The zero-order chi connectivity index (χ0) is 19.4. The summed E-state index contributed by atoms with van der Waals surface area (Å²) in [5.74, 6) is -1.04. The average Bonchev–Trinajstić information content (AvgIpc) is 3.17. The van der Waals surface area contributed by atoms with Crippen LogP contribution in [0.1, 0.15) is 11.9 Å². The van der Waals surface area contributed by atoms with Crippen molar-refractivity contribution in [3.63, 3.8) is 0 Å². The third-order valence-electron chi connectivity index (χ3n) is 3.72. The number of ether oxygens (including phenoxy) is 1. The van der Waals surface area contributed by atoms with Crippen molar-refractivity contribution in [1.29, 1.82) is 0 Å². The van der Waals surface area contributed by atoms with Crippen LogP contribution in [0.3, 0.4) is 0 Å². The Bertz CT molecular complexity index is 924. The van der Waals surface area contributed by atoms with E-state index in [2.05, 4.69) is 31.4 Å². The highest BCUT2D eigenvalue weighted by atomic mass is 32.2. The first kappa shape index (κ1) is 19.0. The fourth-order valence-electron chi connectivity index (χ4n) is 2.29. The molecule has 13 heteroatoms. The second kappa shape index (κ2) is 7.87. The van der Waals surface area contributed by atoms with Crippen molar-refractivity contribution in [3.8, 4) is 11.5 Å². The molecular formula is C14H17N7O5S. The molecule has 12 nitrogen and oxygen atoms in total. The van der Waals surface area contributed by atoms with E-state index in [4.69, 9.17) is 15.0 Å². The maximum Gasteiger partial charge on any atom is 0.280 e. The molecule has 27 heavy (non-hydrogen) atoms. The van der Waals surface area contributed by atoms with Crippen LogP contribution in [0, 0.1) is 0 Å². The van der Waals surface area contributed by atoms with E-state index in [0.29, 0.717) is 5.69 Å². The van der Waals surface area contributed by atoms with Crippen LogP contribution in [0.2, 0.25) is 0 Å². The van der Waals surface area contributed by atoms with Crippen molar-refractivity contribution in [1.82, 2.24) is 29.1 Å². The van der Waals surface area contributed by atoms with Gasteiger partial charge < -0.3 is 15.0 Å². The molecule has 144 valence electrons. The lowest BCUT2D eigenvalue weighted by Crippen LogP contribution is -2.48. The normalized spacial score (nSPS) is 16.7. The number of aromatic nitrogens is 4. The van der Waals surface area contributed by atoms with Gasteiger partial charge in [0.05, 0.1) is 19.4 Å². The molecule has 2 aromatic rings. The molecule has 2 aromatic heterocycles. The summed E-state index contributed by atoms with van der Waals surface area (Å²) in [7, 11) is -3.99. The predicted molar refractivity (Wildman–Crippen MR) is 90.8 cm³/mol. The average molecular weight is 395 g/mol. The van der Waals surface area contributed by atoms with Crippen LogP contribution in [0.5, 0.6) is 0 Å². The molecule has 1 saturated heterocycles. The first-order valence-electron chi connectivity index (χ1n) is 7.82. The Hall–Kier alpha value is -2.74. The Labute approximate surface area is 154 Å². The van der Waals surface area contributed by atoms with Crippen LogP contribution in [0.25, 0.3) is 11.5 Å². The first-order valence-corrected chi connectivity index (χ1v) is 9.26. The molecule has 1 fully saturated rings. The lowest BCUT2D eigenvalue weighted by Gasteiger charge is -2.27. The van der Waals surface area contributed by atoms with E-state index >= 15 is 0 Å². The molecule has 1 aliphatic rings. The number of nitrogens with zero attached hydrogens (tertiary/aromatic N) is 5. The summed E-state index contributed by atoms with van der Waals surface area (Å²) in [5, 5.41) is 3.74. The van der Waals surface area contributed by atoms with Crippen molar-refractivity contribution in [2.24, 2.45) is 5.73 Å². The van der Waals surface area contributed by atoms with Gasteiger partial charge in [-0.3, -0.25) is 9.78 Å². The van der Waals surface area contributed by atoms with E-state index in [9.17, 15) is 13.2 Å². The zero-order valence-corrected chi connectivity index (χ0v) is 14.9. The van der Waals surface area contributed by atoms with Gasteiger partial charge in [-0.05, 0) is 0 Å². The minimum Gasteiger partial charge on any atom is -0.379 e. The Morgan fingerprint density at radius 3 is 2.70 bits per heavy atom. The standard InChI is InChI=1S/C14H17N7O5S/c1-9(12(15)22)11(20-27(23,24)21-4-6-25-7-5-21)14-18-13(19-26-14)10-8-16-2-3-17-10/h2-3,8,11,20H,1,4-7H2,(H2,15,22)/t11-/m0/s1. The topological polar surface area (TPSA) is 166 Å². The van der Waals surface area contributed by atoms with Gasteiger partial charge in [-0.2, -0.15) is 22.4 Å². The molecule has 1 aliphatic heterocycles. The van der Waals surface area contributed by atoms with Crippen molar-refractivity contribution in [3.05, 3.63) is 36.6 Å². The van der Waals surface area contributed by atoms with E-state index in [1.54, 1.807) is 0 Å². The minimum atomic E-state index is -3.99. The minimum absolute atomic E-state index is 0.0749. The maximum atomic E-state index is 12.6. The molecule has 3 heterocycles. The number of rotatable bonds is 7. The highest BCUT2D eigenvalue weighted by molar-refractivity contribution is 7.87. The number of amides is 1. The molecule has 0 aromatic carbocycles. The molecule has 0 aliphatic carbocycles. The van der Waals surface area contributed by atoms with Crippen LogP contribution >= 0.6 is 0 Å². The third kappa shape index (κ3) is 4.33. The second-order valence-electron chi connectivity index (χ2n) is 5.50. The highest BCUT2D eigenvalue weighted by Gasteiger charge is 2.33. The van der Waals surface area contributed by atoms with Gasteiger partial charge in [0.1, 0.15) is 11.7 Å². The summed E-state index contributed by atoms with van der Waals surface area (Å²) >= 11 is 0. The van der Waals surface area contributed by atoms with Gasteiger partial charge in [0.25, 0.3) is 10.2 Å². The SMILES string of the molecule is C=C(C(N)=O)[C@H](NS(=O)(=O)N1CCOCC1)c1nc(-c2cnccn2)no1. The van der Waals surface area contributed by atoms with Gasteiger partial charge in [0, 0.05) is 31.1 Å². The van der Waals surface area contributed by atoms with Gasteiger partial charge >= 0.3 is 0 Å². The Morgan fingerprint density at radius 1 is 1.33 bits per heavy atom. The largest absolute Gasteiger partial charge is 0.379 e. The maximum absolute atomic E-state index is 12.6. The monoisotopic (exact) mass is 395 g/mol. The van der Waals surface area contributed by atoms with Crippen molar-refractivity contribution >= 4 is 16.1 Å². The van der Waals surface area contributed by atoms with Gasteiger partial charge in [-0.25, -0.2) is 4.98 Å². The molecule has 0 unspecified atom stereocenters. The smallest absolute Gasteiger partial charge is 0.280 e. The summed E-state index contributed by atoms with van der Waals surface area (Å²) < 4.78 is 39.0. The molecule has 0 bridgehead atoms. The number of nitrogens with two attached hydrogens (primary N) is 1. The summed E-state index contributed by atoms with van der Waals surface area (Å²) in [5.41, 5.74) is 5.33. The van der Waals surface area contributed by atoms with Crippen LogP contribution in [0.15, 0.2) is 35.3 Å². The molecule has 0 spiro atoms. The molecular weight excluding hydrogens is 378 g/mol. The van der Waals surface area contributed by atoms with Crippen LogP contribution in [-0.2, 0) is 19.7 Å². The van der Waals surface area contributed by atoms with E-state index in [0.717, 1.165) is 0 Å². The second-order valence-corrected chi connectivity index (χ2v) is 7.21. The third-order valence-corrected chi connectivity index (χ3v) is 5.30. The Balaban J connectivity index is 1.89. The van der Waals surface area contributed by atoms with Gasteiger partial charge in [0.15, 0.2) is 0 Å². The van der Waals surface area contributed by atoms with E-state index in [1.165, 1.54) is 22.9 Å². The van der Waals surface area contributed by atoms with E-state index < -0.39 is 22.2 Å². The number of hydrogen-bond acceptors (Lipinski definition) is 9. The Kier molecular flexibility index (Phi) is 5.55. The van der Waals surface area contributed by atoms with Crippen LogP contribution in [0.4, 0.5) is 0 Å². The zero-order valence-electron chi connectivity index (χ0n) is 14.1. The Morgan fingerprint density at radius 2 is 2.07 bits per heavy atom. The van der Waals surface area contributed by atoms with E-state index in [1.807, 2.05) is 0 Å². The predicted octanol–water partition coefficient (Wildman–Crippen LogP) is -1.22. The molecule has 3 N–H and O–H groups in total. The van der Waals surface area contributed by atoms with Crippen molar-refractivity contribution < 1.29 is 22.5 Å². The molecule has 3 rings (SSSR count). The highest BCUT2D eigenvalue weighted by Crippen LogP contribution is 2.23. The lowest BCUT2D eigenvalue weighted by molar-refractivity contribution is -0.114. The number of carbonyl (C=O) groups is 1. The number of nitrogens with one attached hydrogen (secondary N) is 1. The fraction of sp³-hybridized carbons (Fsp3) is 0.357. The number of carbonyl (C=O) groups excluding carboxylic acids is 1. The van der Waals surface area contributed by atoms with Crippen LogP contribution < -0.4 is 10.5 Å². The fourth-order valence-corrected chi connectivity index (χ4v) is 3.61. The quantitative estimate of drug-likeness (QED) is 0.546. The molecule has 1 atom stereocenters. The summed E-state index contributed by atoms with van der Waals surface area (Å²) in [6.45, 7) is 4.40. The van der Waals surface area contributed by atoms with Crippen molar-refractivity contribution in [2.45, 2.75) is 6.04 Å². The van der Waals surface area contributed by atoms with Crippen LogP contribution in [-0.4, -0.2) is 65.0 Å². The molecule has 0 saturated carbocycles. The number of hydrogen-bond donors (Lipinski definition) is 2. The molecule has 0 radical (unpaired) electrons.